The summed E-state index contributed by atoms with van der Waals surface area (Å²) in [6, 6.07) is 1.98. The standard InChI is InChI=1S/C12H13BrF2N2O/c1-12(2-3-16-6-12)11(18)17-10-4-7(13)8(14)5-9(10)15/h4-5,16H,2-3,6H2,1H3,(H,17,18). The Morgan fingerprint density at radius 3 is 2.78 bits per heavy atom. The van der Waals surface area contributed by atoms with E-state index in [-0.39, 0.29) is 16.1 Å². The van der Waals surface area contributed by atoms with Gasteiger partial charge in [0.1, 0.15) is 11.6 Å². The summed E-state index contributed by atoms with van der Waals surface area (Å²) in [4.78, 5) is 12.1. The number of amides is 1. The van der Waals surface area contributed by atoms with Gasteiger partial charge >= 0.3 is 0 Å². The number of hydrogen-bond acceptors (Lipinski definition) is 2. The summed E-state index contributed by atoms with van der Waals surface area (Å²) < 4.78 is 26.7. The van der Waals surface area contributed by atoms with Crippen molar-refractivity contribution in [1.29, 1.82) is 0 Å². The summed E-state index contributed by atoms with van der Waals surface area (Å²) in [7, 11) is 0. The normalized spacial score (nSPS) is 23.1. The Hall–Kier alpha value is -1.01. The van der Waals surface area contributed by atoms with Gasteiger partial charge in [0.15, 0.2) is 0 Å². The maximum atomic E-state index is 13.5. The van der Waals surface area contributed by atoms with Gasteiger partial charge in [-0.15, -0.1) is 0 Å². The molecule has 1 heterocycles. The lowest BCUT2D eigenvalue weighted by Gasteiger charge is -2.21. The second kappa shape index (κ2) is 4.93. The fourth-order valence-corrected chi connectivity index (χ4v) is 2.25. The molecule has 3 nitrogen and oxygen atoms in total. The Morgan fingerprint density at radius 1 is 1.44 bits per heavy atom. The van der Waals surface area contributed by atoms with Crippen molar-refractivity contribution < 1.29 is 13.6 Å². The number of rotatable bonds is 2. The van der Waals surface area contributed by atoms with Crippen LogP contribution in [0.5, 0.6) is 0 Å². The Kier molecular flexibility index (Phi) is 3.68. The molecule has 18 heavy (non-hydrogen) atoms. The number of carbonyl (C=O) groups excluding carboxylic acids is 1. The van der Waals surface area contributed by atoms with Crippen LogP contribution in [0.1, 0.15) is 13.3 Å². The van der Waals surface area contributed by atoms with Gasteiger partial charge in [0.25, 0.3) is 0 Å². The lowest BCUT2D eigenvalue weighted by atomic mass is 9.89. The predicted molar refractivity (Wildman–Crippen MR) is 68.3 cm³/mol. The van der Waals surface area contributed by atoms with Crippen LogP contribution in [0.15, 0.2) is 16.6 Å². The number of hydrogen-bond donors (Lipinski definition) is 2. The van der Waals surface area contributed by atoms with Gasteiger partial charge in [-0.1, -0.05) is 0 Å². The average Bonchev–Trinajstić information content (AvgIpc) is 2.74. The summed E-state index contributed by atoms with van der Waals surface area (Å²) in [5, 5.41) is 5.60. The van der Waals surface area contributed by atoms with Crippen molar-refractivity contribution in [3.8, 4) is 0 Å². The maximum Gasteiger partial charge on any atom is 0.231 e. The molecule has 1 aliphatic heterocycles. The highest BCUT2D eigenvalue weighted by Gasteiger charge is 2.36. The van der Waals surface area contributed by atoms with E-state index >= 15 is 0 Å². The molecule has 1 saturated heterocycles. The minimum Gasteiger partial charge on any atom is -0.323 e. The third-order valence-corrected chi connectivity index (χ3v) is 3.78. The molecule has 2 rings (SSSR count). The van der Waals surface area contributed by atoms with Crippen molar-refractivity contribution in [3.05, 3.63) is 28.2 Å². The van der Waals surface area contributed by atoms with Crippen LogP contribution in [0.2, 0.25) is 0 Å². The van der Waals surface area contributed by atoms with Crippen molar-refractivity contribution in [1.82, 2.24) is 5.32 Å². The smallest absolute Gasteiger partial charge is 0.231 e. The number of carbonyl (C=O) groups is 1. The summed E-state index contributed by atoms with van der Waals surface area (Å²) in [5.74, 6) is -1.73. The SMILES string of the molecule is CC1(C(=O)Nc2cc(Br)c(F)cc2F)CCNC1. The molecule has 1 aromatic carbocycles. The fourth-order valence-electron chi connectivity index (χ4n) is 1.90. The molecule has 1 fully saturated rings. The first kappa shape index (κ1) is 13.4. The lowest BCUT2D eigenvalue weighted by Crippen LogP contribution is -2.35. The first-order valence-corrected chi connectivity index (χ1v) is 6.38. The van der Waals surface area contributed by atoms with E-state index in [4.69, 9.17) is 0 Å². The molecular weight excluding hydrogens is 306 g/mol. The fraction of sp³-hybridized carbons (Fsp3) is 0.417. The van der Waals surface area contributed by atoms with Crippen LogP contribution in [0, 0.1) is 17.0 Å². The highest BCUT2D eigenvalue weighted by Crippen LogP contribution is 2.29. The van der Waals surface area contributed by atoms with Crippen LogP contribution < -0.4 is 10.6 Å². The second-order valence-electron chi connectivity index (χ2n) is 4.69. The zero-order valence-electron chi connectivity index (χ0n) is 9.82. The second-order valence-corrected chi connectivity index (χ2v) is 5.54. The Morgan fingerprint density at radius 2 is 2.17 bits per heavy atom. The molecule has 0 saturated carbocycles. The monoisotopic (exact) mass is 318 g/mol. The van der Waals surface area contributed by atoms with E-state index in [1.165, 1.54) is 6.07 Å². The van der Waals surface area contributed by atoms with E-state index in [1.807, 2.05) is 6.92 Å². The van der Waals surface area contributed by atoms with E-state index in [9.17, 15) is 13.6 Å². The number of benzene rings is 1. The van der Waals surface area contributed by atoms with Crippen molar-refractivity contribution in [2.75, 3.05) is 18.4 Å². The van der Waals surface area contributed by atoms with Crippen molar-refractivity contribution in [2.24, 2.45) is 5.41 Å². The Balaban J connectivity index is 2.19. The molecule has 0 aromatic heterocycles. The molecule has 1 aliphatic rings. The van der Waals surface area contributed by atoms with Gasteiger partial charge < -0.3 is 10.6 Å². The molecule has 98 valence electrons. The van der Waals surface area contributed by atoms with Gasteiger partial charge in [-0.3, -0.25) is 4.79 Å². The Labute approximate surface area is 112 Å². The third-order valence-electron chi connectivity index (χ3n) is 3.18. The third kappa shape index (κ3) is 2.54. The van der Waals surface area contributed by atoms with Crippen LogP contribution >= 0.6 is 15.9 Å². The molecule has 0 radical (unpaired) electrons. The molecule has 0 spiro atoms. The van der Waals surface area contributed by atoms with Gasteiger partial charge in [0, 0.05) is 12.6 Å². The molecule has 1 aromatic rings. The minimum atomic E-state index is -0.779. The van der Waals surface area contributed by atoms with Crippen LogP contribution in [0.25, 0.3) is 0 Å². The molecular formula is C12H13BrF2N2O. The van der Waals surface area contributed by atoms with E-state index in [1.54, 1.807) is 0 Å². The van der Waals surface area contributed by atoms with Gasteiger partial charge in [0.2, 0.25) is 5.91 Å². The predicted octanol–water partition coefficient (Wildman–Crippen LogP) is 2.67. The molecule has 0 bridgehead atoms. The molecule has 0 aliphatic carbocycles. The van der Waals surface area contributed by atoms with Crippen LogP contribution in [-0.2, 0) is 4.79 Å². The molecule has 1 unspecified atom stereocenters. The molecule has 1 amide bonds. The molecule has 6 heteroatoms. The van der Waals surface area contributed by atoms with Crippen molar-refractivity contribution >= 4 is 27.5 Å². The maximum absolute atomic E-state index is 13.5. The minimum absolute atomic E-state index is 0.0126. The van der Waals surface area contributed by atoms with E-state index in [2.05, 4.69) is 26.6 Å². The van der Waals surface area contributed by atoms with Crippen LogP contribution in [0.4, 0.5) is 14.5 Å². The summed E-state index contributed by atoms with van der Waals surface area (Å²) in [6.45, 7) is 3.14. The van der Waals surface area contributed by atoms with Crippen molar-refractivity contribution in [2.45, 2.75) is 13.3 Å². The zero-order valence-corrected chi connectivity index (χ0v) is 11.4. The largest absolute Gasteiger partial charge is 0.323 e. The van der Waals surface area contributed by atoms with Gasteiger partial charge in [-0.2, -0.15) is 0 Å². The van der Waals surface area contributed by atoms with E-state index < -0.39 is 17.0 Å². The highest BCUT2D eigenvalue weighted by atomic mass is 79.9. The molecule has 1 atom stereocenters. The topological polar surface area (TPSA) is 41.1 Å². The summed E-state index contributed by atoms with van der Waals surface area (Å²) in [6.07, 6.45) is 0.697. The van der Waals surface area contributed by atoms with E-state index in [0.29, 0.717) is 13.0 Å². The van der Waals surface area contributed by atoms with E-state index in [0.717, 1.165) is 12.6 Å². The van der Waals surface area contributed by atoms with Crippen LogP contribution in [-0.4, -0.2) is 19.0 Å². The number of anilines is 1. The first-order valence-electron chi connectivity index (χ1n) is 5.59. The van der Waals surface area contributed by atoms with Crippen molar-refractivity contribution in [3.63, 3.8) is 0 Å². The Bertz CT molecular complexity index is 487. The number of halogens is 3. The summed E-state index contributed by atoms with van der Waals surface area (Å²) in [5.41, 5.74) is -0.561. The van der Waals surface area contributed by atoms with Gasteiger partial charge in [-0.25, -0.2) is 8.78 Å². The zero-order chi connectivity index (χ0) is 13.3. The number of nitrogens with one attached hydrogen (secondary N) is 2. The average molecular weight is 319 g/mol. The quantitative estimate of drug-likeness (QED) is 0.823. The van der Waals surface area contributed by atoms with Crippen LogP contribution in [0.3, 0.4) is 0 Å². The molecule has 2 N–H and O–H groups in total. The van der Waals surface area contributed by atoms with Gasteiger partial charge in [-0.05, 0) is 41.9 Å². The van der Waals surface area contributed by atoms with Gasteiger partial charge in [0.05, 0.1) is 15.6 Å². The first-order chi connectivity index (χ1) is 8.42. The highest BCUT2D eigenvalue weighted by molar-refractivity contribution is 9.10. The lowest BCUT2D eigenvalue weighted by molar-refractivity contribution is -0.123. The summed E-state index contributed by atoms with van der Waals surface area (Å²) >= 11 is 2.96.